The summed E-state index contributed by atoms with van der Waals surface area (Å²) in [5.74, 6) is 0.0421. The lowest BCUT2D eigenvalue weighted by molar-refractivity contribution is -0.385. The van der Waals surface area contributed by atoms with Gasteiger partial charge in [-0.1, -0.05) is 12.1 Å². The van der Waals surface area contributed by atoms with E-state index in [1.165, 1.54) is 35.2 Å². The van der Waals surface area contributed by atoms with Gasteiger partial charge in [0.25, 0.3) is 11.6 Å². The number of hydrogen-bond acceptors (Lipinski definition) is 4. The van der Waals surface area contributed by atoms with E-state index in [0.717, 1.165) is 0 Å². The highest BCUT2D eigenvalue weighted by atomic mass is 16.6. The molecule has 1 aromatic heterocycles. The van der Waals surface area contributed by atoms with E-state index in [4.69, 9.17) is 0 Å². The maximum absolute atomic E-state index is 12.1. The standard InChI is InChI=1S/C11H9N3O3/c1-8-12-6-7-13(8)11(15)9-4-2-3-5-10(9)14(16)17/h2-7H,1H3. The summed E-state index contributed by atoms with van der Waals surface area (Å²) in [6, 6.07) is 5.85. The summed E-state index contributed by atoms with van der Waals surface area (Å²) in [5, 5.41) is 10.8. The third-order valence-electron chi connectivity index (χ3n) is 2.38. The number of benzene rings is 1. The first-order valence-corrected chi connectivity index (χ1v) is 4.89. The maximum atomic E-state index is 12.1. The van der Waals surface area contributed by atoms with Gasteiger partial charge in [0, 0.05) is 18.5 Å². The smallest absolute Gasteiger partial charge is 0.270 e. The zero-order valence-corrected chi connectivity index (χ0v) is 9.03. The Labute approximate surface area is 96.7 Å². The van der Waals surface area contributed by atoms with Crippen LogP contribution in [0.4, 0.5) is 5.69 Å². The van der Waals surface area contributed by atoms with E-state index in [9.17, 15) is 14.9 Å². The van der Waals surface area contributed by atoms with E-state index >= 15 is 0 Å². The summed E-state index contributed by atoms with van der Waals surface area (Å²) in [4.78, 5) is 26.2. The summed E-state index contributed by atoms with van der Waals surface area (Å²) in [6.45, 7) is 1.66. The molecule has 0 fully saturated rings. The predicted octanol–water partition coefficient (Wildman–Crippen LogP) is 1.79. The van der Waals surface area contributed by atoms with E-state index in [-0.39, 0.29) is 11.3 Å². The first-order chi connectivity index (χ1) is 8.11. The van der Waals surface area contributed by atoms with Crippen LogP contribution < -0.4 is 0 Å². The number of nitro groups is 1. The van der Waals surface area contributed by atoms with Crippen LogP contribution in [-0.2, 0) is 0 Å². The van der Waals surface area contributed by atoms with Gasteiger partial charge in [0.05, 0.1) is 4.92 Å². The monoisotopic (exact) mass is 231 g/mol. The van der Waals surface area contributed by atoms with Gasteiger partial charge in [-0.15, -0.1) is 0 Å². The second-order valence-corrected chi connectivity index (χ2v) is 3.42. The van der Waals surface area contributed by atoms with Gasteiger partial charge in [-0.3, -0.25) is 19.5 Å². The van der Waals surface area contributed by atoms with Crippen molar-refractivity contribution >= 4 is 11.6 Å². The van der Waals surface area contributed by atoms with E-state index in [1.807, 2.05) is 0 Å². The number of carbonyl (C=O) groups excluding carboxylic acids is 1. The van der Waals surface area contributed by atoms with Crippen molar-refractivity contribution in [2.24, 2.45) is 0 Å². The van der Waals surface area contributed by atoms with Crippen molar-refractivity contribution in [1.29, 1.82) is 0 Å². The molecule has 0 saturated heterocycles. The second kappa shape index (κ2) is 4.17. The fraction of sp³-hybridized carbons (Fsp3) is 0.0909. The van der Waals surface area contributed by atoms with Gasteiger partial charge < -0.3 is 0 Å². The van der Waals surface area contributed by atoms with Crippen LogP contribution in [0.5, 0.6) is 0 Å². The molecule has 0 radical (unpaired) electrons. The zero-order chi connectivity index (χ0) is 12.4. The Morgan fingerprint density at radius 2 is 2.12 bits per heavy atom. The van der Waals surface area contributed by atoms with Crippen LogP contribution >= 0.6 is 0 Å². The van der Waals surface area contributed by atoms with Gasteiger partial charge in [0.2, 0.25) is 0 Å². The molecule has 0 N–H and O–H groups in total. The molecule has 0 aliphatic heterocycles. The molecule has 0 atom stereocenters. The molecule has 0 aliphatic rings. The summed E-state index contributed by atoms with van der Waals surface area (Å²) in [5.41, 5.74) is -0.149. The Morgan fingerprint density at radius 1 is 1.41 bits per heavy atom. The molecule has 1 heterocycles. The molecule has 0 spiro atoms. The second-order valence-electron chi connectivity index (χ2n) is 3.42. The van der Waals surface area contributed by atoms with Gasteiger partial charge in [-0.05, 0) is 13.0 Å². The number of hydrogen-bond donors (Lipinski definition) is 0. The van der Waals surface area contributed by atoms with Crippen molar-refractivity contribution in [2.45, 2.75) is 6.92 Å². The quantitative estimate of drug-likeness (QED) is 0.583. The van der Waals surface area contributed by atoms with Crippen LogP contribution in [-0.4, -0.2) is 20.4 Å². The van der Waals surface area contributed by atoms with E-state index in [2.05, 4.69) is 4.98 Å². The lowest BCUT2D eigenvalue weighted by Gasteiger charge is -2.04. The van der Waals surface area contributed by atoms with Crippen molar-refractivity contribution in [1.82, 2.24) is 9.55 Å². The molecule has 1 aromatic carbocycles. The van der Waals surface area contributed by atoms with E-state index < -0.39 is 10.8 Å². The van der Waals surface area contributed by atoms with Crippen molar-refractivity contribution in [3.63, 3.8) is 0 Å². The number of para-hydroxylation sites is 1. The first kappa shape index (κ1) is 11.0. The third kappa shape index (κ3) is 1.92. The highest BCUT2D eigenvalue weighted by molar-refractivity contribution is 5.99. The van der Waals surface area contributed by atoms with Crippen LogP contribution in [0.25, 0.3) is 0 Å². The molecule has 0 amide bonds. The lowest BCUT2D eigenvalue weighted by Crippen LogP contribution is -2.14. The number of rotatable bonds is 2. The van der Waals surface area contributed by atoms with Crippen molar-refractivity contribution in [3.8, 4) is 0 Å². The van der Waals surface area contributed by atoms with Crippen LogP contribution in [0.2, 0.25) is 0 Å². The van der Waals surface area contributed by atoms with Gasteiger partial charge in [-0.2, -0.15) is 0 Å². The summed E-state index contributed by atoms with van der Waals surface area (Å²) < 4.78 is 1.28. The Hall–Kier alpha value is -2.50. The molecule has 2 aromatic rings. The highest BCUT2D eigenvalue weighted by Gasteiger charge is 2.21. The molecule has 2 rings (SSSR count). The molecule has 6 heteroatoms. The largest absolute Gasteiger partial charge is 0.282 e. The van der Waals surface area contributed by atoms with Gasteiger partial charge in [-0.25, -0.2) is 4.98 Å². The zero-order valence-electron chi connectivity index (χ0n) is 9.03. The molecular weight excluding hydrogens is 222 g/mol. The highest BCUT2D eigenvalue weighted by Crippen LogP contribution is 2.19. The Balaban J connectivity index is 2.52. The fourth-order valence-corrected chi connectivity index (χ4v) is 1.54. The van der Waals surface area contributed by atoms with Gasteiger partial charge in [0.1, 0.15) is 11.4 Å². The normalized spacial score (nSPS) is 10.2. The molecule has 6 nitrogen and oxygen atoms in total. The minimum absolute atomic E-state index is 0.0543. The van der Waals surface area contributed by atoms with E-state index in [1.54, 1.807) is 13.0 Å². The number of aryl methyl sites for hydroxylation is 1. The minimum Gasteiger partial charge on any atom is -0.270 e. The average Bonchev–Trinajstić information content (AvgIpc) is 2.74. The van der Waals surface area contributed by atoms with Gasteiger partial charge in [0.15, 0.2) is 0 Å². The molecule has 0 aliphatic carbocycles. The SMILES string of the molecule is Cc1nccn1C(=O)c1ccccc1[N+](=O)[O-]. The van der Waals surface area contributed by atoms with Crippen molar-refractivity contribution < 1.29 is 9.72 Å². The molecule has 0 unspecified atom stereocenters. The minimum atomic E-state index is -0.570. The average molecular weight is 231 g/mol. The summed E-state index contributed by atoms with van der Waals surface area (Å²) in [7, 11) is 0. The number of nitrogens with zero attached hydrogens (tertiary/aromatic N) is 3. The Bertz CT molecular complexity index is 589. The van der Waals surface area contributed by atoms with Crippen molar-refractivity contribution in [2.75, 3.05) is 0 Å². The number of imidazole rings is 1. The number of aromatic nitrogens is 2. The van der Waals surface area contributed by atoms with Crippen molar-refractivity contribution in [3.05, 3.63) is 58.2 Å². The number of nitro benzene ring substituents is 1. The predicted molar refractivity (Wildman–Crippen MR) is 59.8 cm³/mol. The summed E-state index contributed by atoms with van der Waals surface area (Å²) in [6.07, 6.45) is 2.95. The maximum Gasteiger partial charge on any atom is 0.282 e. The Morgan fingerprint density at radius 3 is 2.71 bits per heavy atom. The molecule has 17 heavy (non-hydrogen) atoms. The van der Waals surface area contributed by atoms with Crippen LogP contribution in [0.15, 0.2) is 36.7 Å². The van der Waals surface area contributed by atoms with Gasteiger partial charge >= 0.3 is 0 Å². The lowest BCUT2D eigenvalue weighted by atomic mass is 10.1. The van der Waals surface area contributed by atoms with Crippen LogP contribution in [0.1, 0.15) is 16.2 Å². The topological polar surface area (TPSA) is 78.0 Å². The van der Waals surface area contributed by atoms with E-state index in [0.29, 0.717) is 5.82 Å². The molecule has 86 valence electrons. The van der Waals surface area contributed by atoms with Crippen LogP contribution in [0, 0.1) is 17.0 Å². The van der Waals surface area contributed by atoms with Crippen LogP contribution in [0.3, 0.4) is 0 Å². The fourth-order valence-electron chi connectivity index (χ4n) is 1.54. The molecule has 0 bridgehead atoms. The number of carbonyl (C=O) groups is 1. The molecule has 0 saturated carbocycles. The third-order valence-corrected chi connectivity index (χ3v) is 2.38. The Kier molecular flexibility index (Phi) is 2.70. The molecular formula is C11H9N3O3. The summed E-state index contributed by atoms with van der Waals surface area (Å²) >= 11 is 0. The first-order valence-electron chi connectivity index (χ1n) is 4.89.